The van der Waals surface area contributed by atoms with Gasteiger partial charge in [0.2, 0.25) is 0 Å². The number of likely N-dealkylation sites (N-methyl/N-ethyl adjacent to an activating group) is 1. The third-order valence-electron chi connectivity index (χ3n) is 4.83. The van der Waals surface area contributed by atoms with Gasteiger partial charge in [0.25, 0.3) is 0 Å². The number of esters is 1. The molecular formula is C20H32N4O3. The van der Waals surface area contributed by atoms with E-state index in [1.165, 1.54) is 0 Å². The zero-order valence-electron chi connectivity index (χ0n) is 17.7. The van der Waals surface area contributed by atoms with E-state index in [-0.39, 0.29) is 0 Å². The maximum atomic E-state index is 12.5. The first-order valence-corrected chi connectivity index (χ1v) is 9.37. The number of amidine groups is 1. The lowest BCUT2D eigenvalue weighted by molar-refractivity contribution is -0.303. The van der Waals surface area contributed by atoms with Crippen molar-refractivity contribution < 1.29 is 14.4 Å². The van der Waals surface area contributed by atoms with Crippen LogP contribution >= 0.6 is 0 Å². The van der Waals surface area contributed by atoms with Crippen LogP contribution in [0.1, 0.15) is 53.5 Å². The van der Waals surface area contributed by atoms with E-state index in [0.29, 0.717) is 13.0 Å². The van der Waals surface area contributed by atoms with Gasteiger partial charge in [0, 0.05) is 26.5 Å². The molecular weight excluding hydrogens is 344 g/mol. The molecule has 0 N–H and O–H groups in total. The van der Waals surface area contributed by atoms with Crippen LogP contribution in [0.15, 0.2) is 29.5 Å². The van der Waals surface area contributed by atoms with Gasteiger partial charge in [-0.1, -0.05) is 6.92 Å². The summed E-state index contributed by atoms with van der Waals surface area (Å²) in [7, 11) is 3.93. The molecule has 1 aliphatic heterocycles. The van der Waals surface area contributed by atoms with E-state index in [9.17, 15) is 4.79 Å². The Labute approximate surface area is 162 Å². The SMILES string of the molecule is CCOC(=O)C(C)(C)ON1C(C)(C)C(N(C)C)=NC1(CC)c1ccncc1. The van der Waals surface area contributed by atoms with Crippen LogP contribution in [-0.2, 0) is 20.0 Å². The van der Waals surface area contributed by atoms with Crippen molar-refractivity contribution in [3.05, 3.63) is 30.1 Å². The van der Waals surface area contributed by atoms with Crippen LogP contribution in [0, 0.1) is 0 Å². The lowest BCUT2D eigenvalue weighted by Crippen LogP contribution is -2.58. The Bertz CT molecular complexity index is 700. The van der Waals surface area contributed by atoms with Crippen LogP contribution in [0.2, 0.25) is 0 Å². The number of carbonyl (C=O) groups is 1. The van der Waals surface area contributed by atoms with E-state index < -0.39 is 22.8 Å². The molecule has 0 saturated heterocycles. The van der Waals surface area contributed by atoms with E-state index in [1.54, 1.807) is 33.2 Å². The number of rotatable bonds is 6. The number of aromatic nitrogens is 1. The zero-order valence-corrected chi connectivity index (χ0v) is 17.7. The monoisotopic (exact) mass is 376 g/mol. The van der Waals surface area contributed by atoms with Gasteiger partial charge in [-0.05, 0) is 58.7 Å². The molecule has 27 heavy (non-hydrogen) atoms. The Morgan fingerprint density at radius 1 is 1.22 bits per heavy atom. The molecule has 0 aliphatic carbocycles. The summed E-state index contributed by atoms with van der Waals surface area (Å²) in [6.45, 7) is 11.7. The summed E-state index contributed by atoms with van der Waals surface area (Å²) >= 11 is 0. The number of carbonyl (C=O) groups excluding carboxylic acids is 1. The number of hydroxylamine groups is 2. The van der Waals surface area contributed by atoms with Crippen molar-refractivity contribution in [2.45, 2.75) is 64.8 Å². The fraction of sp³-hybridized carbons (Fsp3) is 0.650. The van der Waals surface area contributed by atoms with Crippen molar-refractivity contribution in [2.24, 2.45) is 4.99 Å². The van der Waals surface area contributed by atoms with Crippen molar-refractivity contribution in [3.63, 3.8) is 0 Å². The first kappa shape index (κ1) is 21.3. The molecule has 0 aromatic carbocycles. The summed E-state index contributed by atoms with van der Waals surface area (Å²) < 4.78 is 5.22. The molecule has 0 amide bonds. The summed E-state index contributed by atoms with van der Waals surface area (Å²) in [5, 5.41) is 1.85. The second-order valence-corrected chi connectivity index (χ2v) is 7.91. The summed E-state index contributed by atoms with van der Waals surface area (Å²) in [5.41, 5.74) is -1.52. The van der Waals surface area contributed by atoms with Gasteiger partial charge >= 0.3 is 5.97 Å². The van der Waals surface area contributed by atoms with Gasteiger partial charge in [-0.3, -0.25) is 9.82 Å². The standard InChI is InChI=1S/C20H32N4O3/c1-9-20(15-11-13-21-14-12-15)22-16(23(7)8)18(3,4)24(20)27-19(5,6)17(25)26-10-2/h11-14H,9-10H2,1-8H3. The van der Waals surface area contributed by atoms with Gasteiger partial charge in [0.15, 0.2) is 11.3 Å². The van der Waals surface area contributed by atoms with Crippen LogP contribution in [0.3, 0.4) is 0 Å². The number of hydrogen-bond donors (Lipinski definition) is 0. The van der Waals surface area contributed by atoms with Crippen molar-refractivity contribution in [1.29, 1.82) is 0 Å². The van der Waals surface area contributed by atoms with Gasteiger partial charge in [-0.15, -0.1) is 5.06 Å². The quantitative estimate of drug-likeness (QED) is 0.711. The number of nitrogens with zero attached hydrogens (tertiary/aromatic N) is 4. The average molecular weight is 377 g/mol. The summed E-state index contributed by atoms with van der Waals surface area (Å²) in [6.07, 6.45) is 4.16. The normalized spacial score (nSPS) is 22.4. The highest BCUT2D eigenvalue weighted by atomic mass is 16.7. The first-order chi connectivity index (χ1) is 12.5. The van der Waals surface area contributed by atoms with E-state index in [2.05, 4.69) is 11.9 Å². The predicted molar refractivity (Wildman–Crippen MR) is 105 cm³/mol. The molecule has 1 atom stereocenters. The van der Waals surface area contributed by atoms with E-state index in [1.807, 2.05) is 50.0 Å². The molecule has 1 aromatic heterocycles. The molecule has 7 heteroatoms. The van der Waals surface area contributed by atoms with Crippen LogP contribution in [0.5, 0.6) is 0 Å². The summed E-state index contributed by atoms with van der Waals surface area (Å²) in [4.78, 5) is 30.1. The minimum Gasteiger partial charge on any atom is -0.464 e. The molecule has 1 aliphatic rings. The van der Waals surface area contributed by atoms with Gasteiger partial charge in [0.05, 0.1) is 6.61 Å². The summed E-state index contributed by atoms with van der Waals surface area (Å²) in [5.74, 6) is 0.472. The third kappa shape index (κ3) is 3.71. The fourth-order valence-corrected chi connectivity index (χ4v) is 3.55. The van der Waals surface area contributed by atoms with Crippen molar-refractivity contribution >= 4 is 11.8 Å². The lowest BCUT2D eigenvalue weighted by atomic mass is 9.95. The van der Waals surface area contributed by atoms with Crippen LogP contribution in [0.25, 0.3) is 0 Å². The highest BCUT2D eigenvalue weighted by Gasteiger charge is 2.57. The maximum absolute atomic E-state index is 12.5. The highest BCUT2D eigenvalue weighted by Crippen LogP contribution is 2.46. The molecule has 7 nitrogen and oxygen atoms in total. The Hall–Kier alpha value is -1.99. The molecule has 150 valence electrons. The first-order valence-electron chi connectivity index (χ1n) is 9.37. The maximum Gasteiger partial charge on any atom is 0.339 e. The minimum atomic E-state index is -1.15. The molecule has 0 fully saturated rings. The Morgan fingerprint density at radius 3 is 2.30 bits per heavy atom. The largest absolute Gasteiger partial charge is 0.464 e. The molecule has 2 rings (SSSR count). The second-order valence-electron chi connectivity index (χ2n) is 7.91. The van der Waals surface area contributed by atoms with Crippen molar-refractivity contribution in [1.82, 2.24) is 14.9 Å². The van der Waals surface area contributed by atoms with Gasteiger partial charge in [-0.25, -0.2) is 9.79 Å². The number of ether oxygens (including phenoxy) is 1. The van der Waals surface area contributed by atoms with Crippen molar-refractivity contribution in [2.75, 3.05) is 20.7 Å². The molecule has 1 unspecified atom stereocenters. The average Bonchev–Trinajstić information content (AvgIpc) is 2.84. The topological polar surface area (TPSA) is 67.3 Å². The van der Waals surface area contributed by atoms with Gasteiger partial charge < -0.3 is 9.64 Å². The van der Waals surface area contributed by atoms with Crippen LogP contribution < -0.4 is 0 Å². The Morgan fingerprint density at radius 2 is 1.81 bits per heavy atom. The molecule has 1 aromatic rings. The molecule has 2 heterocycles. The second kappa shape index (κ2) is 7.56. The van der Waals surface area contributed by atoms with E-state index >= 15 is 0 Å². The molecule has 0 radical (unpaired) electrons. The lowest BCUT2D eigenvalue weighted by Gasteiger charge is -2.45. The summed E-state index contributed by atoms with van der Waals surface area (Å²) in [6, 6.07) is 3.88. The smallest absolute Gasteiger partial charge is 0.339 e. The Kier molecular flexibility index (Phi) is 5.97. The van der Waals surface area contributed by atoms with Gasteiger partial charge in [-0.2, -0.15) is 0 Å². The fourth-order valence-electron chi connectivity index (χ4n) is 3.55. The van der Waals surface area contributed by atoms with E-state index in [0.717, 1.165) is 11.4 Å². The highest BCUT2D eigenvalue weighted by molar-refractivity contribution is 5.92. The predicted octanol–water partition coefficient (Wildman–Crippen LogP) is 2.97. The van der Waals surface area contributed by atoms with Gasteiger partial charge in [0.1, 0.15) is 11.4 Å². The van der Waals surface area contributed by atoms with Crippen LogP contribution in [-0.4, -0.2) is 58.6 Å². The number of pyridine rings is 1. The Balaban J connectivity index is 2.59. The van der Waals surface area contributed by atoms with Crippen molar-refractivity contribution in [3.8, 4) is 0 Å². The van der Waals surface area contributed by atoms with E-state index in [4.69, 9.17) is 14.6 Å². The minimum absolute atomic E-state index is 0.303. The molecule has 0 saturated carbocycles. The number of aliphatic imine (C=N–C) groups is 1. The molecule has 0 spiro atoms. The third-order valence-corrected chi connectivity index (χ3v) is 4.83. The van der Waals surface area contributed by atoms with Crippen LogP contribution in [0.4, 0.5) is 0 Å². The molecule has 0 bridgehead atoms. The number of hydrogen-bond acceptors (Lipinski definition) is 7. The zero-order chi connectivity index (χ0) is 20.5.